The lowest BCUT2D eigenvalue weighted by molar-refractivity contribution is -0.385. The van der Waals surface area contributed by atoms with E-state index in [1.165, 1.54) is 12.1 Å². The molecule has 0 aliphatic heterocycles. The molecule has 0 radical (unpaired) electrons. The second-order valence-corrected chi connectivity index (χ2v) is 8.84. The maximum atomic E-state index is 12.1. The third-order valence-corrected chi connectivity index (χ3v) is 3.98. The standard InChI is InChI=1S/C18H26BrNO5/c1-11-8-12(20(22)23)9-13(19)15(11)14(25-18(5,6)7)10-24-16(21)17(2,3)4/h8-9,14H,10H2,1-7H3. The molecule has 1 aromatic rings. The van der Waals surface area contributed by atoms with E-state index in [1.54, 1.807) is 27.7 Å². The summed E-state index contributed by atoms with van der Waals surface area (Å²) in [5.41, 5.74) is 0.333. The highest BCUT2D eigenvalue weighted by Gasteiger charge is 2.29. The van der Waals surface area contributed by atoms with Crippen LogP contribution in [0.15, 0.2) is 16.6 Å². The predicted octanol–water partition coefficient (Wildman–Crippen LogP) is 5.11. The van der Waals surface area contributed by atoms with Gasteiger partial charge in [0.05, 0.1) is 15.9 Å². The molecule has 25 heavy (non-hydrogen) atoms. The van der Waals surface area contributed by atoms with E-state index in [4.69, 9.17) is 9.47 Å². The fourth-order valence-corrected chi connectivity index (χ4v) is 3.02. The molecule has 0 aliphatic rings. The third kappa shape index (κ3) is 6.40. The van der Waals surface area contributed by atoms with Gasteiger partial charge < -0.3 is 9.47 Å². The molecule has 0 aliphatic carbocycles. The Morgan fingerprint density at radius 1 is 1.24 bits per heavy atom. The Morgan fingerprint density at radius 3 is 2.20 bits per heavy atom. The summed E-state index contributed by atoms with van der Waals surface area (Å²) in [5.74, 6) is -0.328. The third-order valence-electron chi connectivity index (χ3n) is 3.33. The molecule has 0 saturated carbocycles. The van der Waals surface area contributed by atoms with Crippen LogP contribution in [-0.2, 0) is 14.3 Å². The average molecular weight is 416 g/mol. The van der Waals surface area contributed by atoms with E-state index in [1.807, 2.05) is 20.8 Å². The SMILES string of the molecule is Cc1cc([N+](=O)[O-])cc(Br)c1C(COC(=O)C(C)(C)C)OC(C)(C)C. The number of carbonyl (C=O) groups is 1. The number of nitrogens with zero attached hydrogens (tertiary/aromatic N) is 1. The number of non-ortho nitro benzene ring substituents is 1. The van der Waals surface area contributed by atoms with Crippen LogP contribution >= 0.6 is 15.9 Å². The van der Waals surface area contributed by atoms with Gasteiger partial charge in [0, 0.05) is 22.2 Å². The Labute approximate surface area is 157 Å². The first-order valence-corrected chi connectivity index (χ1v) is 8.81. The van der Waals surface area contributed by atoms with Gasteiger partial charge in [-0.25, -0.2) is 0 Å². The number of ether oxygens (including phenoxy) is 2. The molecule has 0 bridgehead atoms. The molecule has 1 unspecified atom stereocenters. The zero-order valence-corrected chi connectivity index (χ0v) is 17.4. The Hall–Kier alpha value is -1.47. The van der Waals surface area contributed by atoms with Crippen LogP contribution in [0.3, 0.4) is 0 Å². The van der Waals surface area contributed by atoms with Crippen molar-refractivity contribution in [3.8, 4) is 0 Å². The van der Waals surface area contributed by atoms with E-state index in [0.717, 1.165) is 5.56 Å². The van der Waals surface area contributed by atoms with Crippen molar-refractivity contribution in [2.45, 2.75) is 60.2 Å². The highest BCUT2D eigenvalue weighted by molar-refractivity contribution is 9.10. The summed E-state index contributed by atoms with van der Waals surface area (Å²) >= 11 is 3.40. The number of carbonyl (C=O) groups excluding carboxylic acids is 1. The summed E-state index contributed by atoms with van der Waals surface area (Å²) in [6.45, 7) is 12.9. The molecule has 0 fully saturated rings. The number of benzene rings is 1. The van der Waals surface area contributed by atoms with Crippen LogP contribution in [0.25, 0.3) is 0 Å². The van der Waals surface area contributed by atoms with Crippen molar-refractivity contribution in [3.63, 3.8) is 0 Å². The lowest BCUT2D eigenvalue weighted by Gasteiger charge is -2.30. The van der Waals surface area contributed by atoms with Crippen molar-refractivity contribution in [3.05, 3.63) is 37.8 Å². The fourth-order valence-electron chi connectivity index (χ4n) is 2.22. The van der Waals surface area contributed by atoms with Crippen LogP contribution in [-0.4, -0.2) is 23.1 Å². The molecule has 1 atom stereocenters. The van der Waals surface area contributed by atoms with E-state index in [0.29, 0.717) is 10.0 Å². The first-order valence-electron chi connectivity index (χ1n) is 8.02. The van der Waals surface area contributed by atoms with Gasteiger partial charge in [-0.1, -0.05) is 15.9 Å². The molecular weight excluding hydrogens is 390 g/mol. The van der Waals surface area contributed by atoms with E-state index < -0.39 is 22.0 Å². The molecular formula is C18H26BrNO5. The second-order valence-electron chi connectivity index (χ2n) is 7.98. The summed E-state index contributed by atoms with van der Waals surface area (Å²) in [6, 6.07) is 2.93. The topological polar surface area (TPSA) is 78.7 Å². The van der Waals surface area contributed by atoms with Crippen LogP contribution in [0.1, 0.15) is 58.8 Å². The lowest BCUT2D eigenvalue weighted by Crippen LogP contribution is -2.30. The van der Waals surface area contributed by atoms with E-state index >= 15 is 0 Å². The van der Waals surface area contributed by atoms with Crippen molar-refractivity contribution in [2.24, 2.45) is 5.41 Å². The first-order chi connectivity index (χ1) is 11.2. The van der Waals surface area contributed by atoms with Gasteiger partial charge in [-0.2, -0.15) is 0 Å². The molecule has 0 aromatic heterocycles. The Morgan fingerprint density at radius 2 is 1.80 bits per heavy atom. The molecule has 0 N–H and O–H groups in total. The molecule has 0 heterocycles. The Bertz CT molecular complexity index is 635. The molecule has 7 heteroatoms. The van der Waals surface area contributed by atoms with Crippen molar-refractivity contribution < 1.29 is 19.2 Å². The van der Waals surface area contributed by atoms with Gasteiger partial charge in [-0.05, 0) is 54.0 Å². The van der Waals surface area contributed by atoms with E-state index in [-0.39, 0.29) is 18.3 Å². The van der Waals surface area contributed by atoms with Gasteiger partial charge in [0.15, 0.2) is 0 Å². The van der Waals surface area contributed by atoms with Crippen LogP contribution in [0.2, 0.25) is 0 Å². The Balaban J connectivity index is 3.20. The van der Waals surface area contributed by atoms with Crippen LogP contribution in [0, 0.1) is 22.5 Å². The maximum Gasteiger partial charge on any atom is 0.311 e. The minimum Gasteiger partial charge on any atom is -0.462 e. The van der Waals surface area contributed by atoms with Gasteiger partial charge in [0.1, 0.15) is 12.7 Å². The monoisotopic (exact) mass is 415 g/mol. The molecule has 1 aromatic carbocycles. The van der Waals surface area contributed by atoms with Gasteiger partial charge in [-0.3, -0.25) is 14.9 Å². The number of rotatable bonds is 5. The predicted molar refractivity (Wildman–Crippen MR) is 99.5 cm³/mol. The van der Waals surface area contributed by atoms with E-state index in [9.17, 15) is 14.9 Å². The van der Waals surface area contributed by atoms with Crippen LogP contribution in [0.5, 0.6) is 0 Å². The average Bonchev–Trinajstić information content (AvgIpc) is 2.40. The number of hydrogen-bond donors (Lipinski definition) is 0. The molecule has 140 valence electrons. The van der Waals surface area contributed by atoms with Gasteiger partial charge in [0.25, 0.3) is 5.69 Å². The highest BCUT2D eigenvalue weighted by Crippen LogP contribution is 2.35. The van der Waals surface area contributed by atoms with Crippen LogP contribution in [0.4, 0.5) is 5.69 Å². The molecule has 1 rings (SSSR count). The molecule has 0 spiro atoms. The smallest absolute Gasteiger partial charge is 0.311 e. The summed E-state index contributed by atoms with van der Waals surface area (Å²) in [6.07, 6.45) is -0.540. The largest absolute Gasteiger partial charge is 0.462 e. The summed E-state index contributed by atoms with van der Waals surface area (Å²) < 4.78 is 12.1. The number of nitro groups is 1. The minimum atomic E-state index is -0.617. The number of hydrogen-bond acceptors (Lipinski definition) is 5. The highest BCUT2D eigenvalue weighted by atomic mass is 79.9. The lowest BCUT2D eigenvalue weighted by atomic mass is 9.97. The molecule has 6 nitrogen and oxygen atoms in total. The van der Waals surface area contributed by atoms with Crippen LogP contribution < -0.4 is 0 Å². The fraction of sp³-hybridized carbons (Fsp3) is 0.611. The van der Waals surface area contributed by atoms with E-state index in [2.05, 4.69) is 15.9 Å². The summed E-state index contributed by atoms with van der Waals surface area (Å²) in [5, 5.41) is 11.0. The number of esters is 1. The molecule has 0 saturated heterocycles. The zero-order valence-electron chi connectivity index (χ0n) is 15.8. The van der Waals surface area contributed by atoms with Crippen molar-refractivity contribution in [2.75, 3.05) is 6.61 Å². The zero-order chi connectivity index (χ0) is 19.6. The normalized spacial score (nSPS) is 13.4. The summed E-state index contributed by atoms with van der Waals surface area (Å²) in [4.78, 5) is 22.7. The quantitative estimate of drug-likeness (QED) is 0.379. The van der Waals surface area contributed by atoms with Gasteiger partial charge >= 0.3 is 5.97 Å². The second kappa shape index (κ2) is 7.83. The Kier molecular flexibility index (Phi) is 6.75. The first kappa shape index (κ1) is 21.6. The van der Waals surface area contributed by atoms with Gasteiger partial charge in [0.2, 0.25) is 0 Å². The number of halogens is 1. The number of aryl methyl sites for hydroxylation is 1. The number of nitro benzene ring substituents is 1. The minimum absolute atomic E-state index is 0.00526. The van der Waals surface area contributed by atoms with Crippen molar-refractivity contribution in [1.29, 1.82) is 0 Å². The van der Waals surface area contributed by atoms with Crippen molar-refractivity contribution >= 4 is 27.6 Å². The van der Waals surface area contributed by atoms with Gasteiger partial charge in [-0.15, -0.1) is 0 Å². The maximum absolute atomic E-state index is 12.1. The molecule has 0 amide bonds. The summed E-state index contributed by atoms with van der Waals surface area (Å²) in [7, 11) is 0. The van der Waals surface area contributed by atoms with Crippen molar-refractivity contribution in [1.82, 2.24) is 0 Å².